The highest BCUT2D eigenvalue weighted by Gasteiger charge is 2.26. The highest BCUT2D eigenvalue weighted by atomic mass is 16.1. The third-order valence-electron chi connectivity index (χ3n) is 6.47. The van der Waals surface area contributed by atoms with Crippen LogP contribution in [0.1, 0.15) is 72.8 Å². The van der Waals surface area contributed by atoms with E-state index in [1.165, 1.54) is 36.1 Å². The first-order valence-corrected chi connectivity index (χ1v) is 12.5. The molecule has 1 aromatic carbocycles. The summed E-state index contributed by atoms with van der Waals surface area (Å²) in [6.07, 6.45) is 8.77. The maximum Gasteiger partial charge on any atom is 0.136 e. The molecule has 0 bridgehead atoms. The van der Waals surface area contributed by atoms with Crippen LogP contribution in [0.4, 0.5) is 5.69 Å². The van der Waals surface area contributed by atoms with Gasteiger partial charge in [0.05, 0.1) is 6.04 Å². The molecule has 2 rings (SSSR count). The Morgan fingerprint density at radius 1 is 1.25 bits per heavy atom. The summed E-state index contributed by atoms with van der Waals surface area (Å²) in [4.78, 5) is 16.1. The van der Waals surface area contributed by atoms with Crippen LogP contribution in [-0.4, -0.2) is 49.4 Å². The van der Waals surface area contributed by atoms with Gasteiger partial charge in [-0.15, -0.1) is 0 Å². The summed E-state index contributed by atoms with van der Waals surface area (Å²) in [6, 6.07) is 9.45. The number of likely N-dealkylation sites (tertiary alicyclic amines) is 1. The highest BCUT2D eigenvalue weighted by molar-refractivity contribution is 5.56. The fourth-order valence-electron chi connectivity index (χ4n) is 4.61. The molecule has 0 aromatic heterocycles. The molecular weight excluding hydrogens is 394 g/mol. The molecular formula is C28H47N3O. The molecule has 1 aliphatic heterocycles. The van der Waals surface area contributed by atoms with Crippen LogP contribution in [0.3, 0.4) is 0 Å². The van der Waals surface area contributed by atoms with Gasteiger partial charge in [0.1, 0.15) is 6.29 Å². The lowest BCUT2D eigenvalue weighted by Gasteiger charge is -2.41. The third kappa shape index (κ3) is 9.46. The van der Waals surface area contributed by atoms with Crippen molar-refractivity contribution >= 4 is 12.0 Å². The zero-order chi connectivity index (χ0) is 23.7. The summed E-state index contributed by atoms with van der Waals surface area (Å²) in [6.45, 7) is 17.7. The molecule has 1 heterocycles. The van der Waals surface area contributed by atoms with Crippen molar-refractivity contribution in [2.45, 2.75) is 85.7 Å². The van der Waals surface area contributed by atoms with Crippen molar-refractivity contribution in [2.24, 2.45) is 17.1 Å². The number of hydrogen-bond acceptors (Lipinski definition) is 4. The van der Waals surface area contributed by atoms with E-state index in [-0.39, 0.29) is 6.04 Å². The minimum Gasteiger partial charge on any atom is -0.364 e. The predicted molar refractivity (Wildman–Crippen MR) is 138 cm³/mol. The van der Waals surface area contributed by atoms with E-state index in [1.807, 2.05) is 0 Å². The lowest BCUT2D eigenvalue weighted by atomic mass is 9.88. The largest absolute Gasteiger partial charge is 0.364 e. The van der Waals surface area contributed by atoms with E-state index in [0.29, 0.717) is 17.4 Å². The standard InChI is InChI=1S/C28H47N3O/c1-22(2)14-17-31(26-11-9-24(10-12-26)13-15-28(4,5)6)27-8-7-16-30(20-27)19-23(3)18-25(29)21-32/h9-12,14,21,23,25,27H,7-8,13,15-20,29H2,1-6H3. The average molecular weight is 442 g/mol. The second-order valence-corrected chi connectivity index (χ2v) is 11.4. The smallest absolute Gasteiger partial charge is 0.136 e. The zero-order valence-corrected chi connectivity index (χ0v) is 21.4. The topological polar surface area (TPSA) is 49.6 Å². The molecule has 4 heteroatoms. The van der Waals surface area contributed by atoms with Crippen molar-refractivity contribution in [3.8, 4) is 0 Å². The summed E-state index contributed by atoms with van der Waals surface area (Å²) in [5, 5.41) is 0. The first-order valence-electron chi connectivity index (χ1n) is 12.5. The number of piperidine rings is 1. The van der Waals surface area contributed by atoms with Gasteiger partial charge < -0.3 is 20.3 Å². The molecule has 0 spiro atoms. The van der Waals surface area contributed by atoms with Crippen LogP contribution < -0.4 is 10.6 Å². The van der Waals surface area contributed by atoms with Crippen LogP contribution >= 0.6 is 0 Å². The van der Waals surface area contributed by atoms with Crippen molar-refractivity contribution in [1.82, 2.24) is 4.90 Å². The van der Waals surface area contributed by atoms with Crippen LogP contribution in [0.15, 0.2) is 35.9 Å². The molecule has 3 atom stereocenters. The first-order chi connectivity index (χ1) is 15.1. The van der Waals surface area contributed by atoms with Gasteiger partial charge in [0, 0.05) is 31.4 Å². The molecule has 180 valence electrons. The van der Waals surface area contributed by atoms with Crippen molar-refractivity contribution in [2.75, 3.05) is 31.1 Å². The van der Waals surface area contributed by atoms with E-state index >= 15 is 0 Å². The Kier molecular flexibility index (Phi) is 10.4. The van der Waals surface area contributed by atoms with Crippen molar-refractivity contribution in [3.63, 3.8) is 0 Å². The molecule has 1 fully saturated rings. The first kappa shape index (κ1) is 26.6. The fourth-order valence-corrected chi connectivity index (χ4v) is 4.61. The maximum absolute atomic E-state index is 10.9. The van der Waals surface area contributed by atoms with Crippen molar-refractivity contribution in [3.05, 3.63) is 41.5 Å². The van der Waals surface area contributed by atoms with Gasteiger partial charge in [0.15, 0.2) is 0 Å². The van der Waals surface area contributed by atoms with E-state index in [9.17, 15) is 4.79 Å². The number of aryl methyl sites for hydroxylation is 1. The van der Waals surface area contributed by atoms with E-state index in [4.69, 9.17) is 5.73 Å². The number of nitrogens with zero attached hydrogens (tertiary/aromatic N) is 2. The summed E-state index contributed by atoms with van der Waals surface area (Å²) in [7, 11) is 0. The van der Waals surface area contributed by atoms with Gasteiger partial charge in [-0.2, -0.15) is 0 Å². The number of rotatable bonds is 11. The number of benzene rings is 1. The molecule has 0 aliphatic carbocycles. The predicted octanol–water partition coefficient (Wildman–Crippen LogP) is 5.45. The number of hydrogen-bond donors (Lipinski definition) is 1. The highest BCUT2D eigenvalue weighted by Crippen LogP contribution is 2.26. The minimum absolute atomic E-state index is 0.337. The Morgan fingerprint density at radius 3 is 2.53 bits per heavy atom. The van der Waals surface area contributed by atoms with Gasteiger partial charge in [-0.25, -0.2) is 0 Å². The Morgan fingerprint density at radius 2 is 1.94 bits per heavy atom. The van der Waals surface area contributed by atoms with Crippen LogP contribution in [0.25, 0.3) is 0 Å². The van der Waals surface area contributed by atoms with E-state index < -0.39 is 0 Å². The molecule has 0 saturated carbocycles. The van der Waals surface area contributed by atoms with Gasteiger partial charge in [-0.05, 0) is 81.5 Å². The lowest BCUT2D eigenvalue weighted by Crippen LogP contribution is -2.49. The average Bonchev–Trinajstić information content (AvgIpc) is 2.72. The van der Waals surface area contributed by atoms with Crippen LogP contribution in [0, 0.1) is 11.3 Å². The molecule has 32 heavy (non-hydrogen) atoms. The molecule has 1 saturated heterocycles. The zero-order valence-electron chi connectivity index (χ0n) is 21.4. The second-order valence-electron chi connectivity index (χ2n) is 11.4. The quantitative estimate of drug-likeness (QED) is 0.366. The van der Waals surface area contributed by atoms with Crippen molar-refractivity contribution in [1.29, 1.82) is 0 Å². The van der Waals surface area contributed by atoms with Crippen LogP contribution in [-0.2, 0) is 11.2 Å². The molecule has 0 radical (unpaired) electrons. The van der Waals surface area contributed by atoms with E-state index in [1.54, 1.807) is 0 Å². The Hall–Kier alpha value is -1.65. The number of anilines is 1. The van der Waals surface area contributed by atoms with E-state index in [0.717, 1.165) is 45.3 Å². The summed E-state index contributed by atoms with van der Waals surface area (Å²) < 4.78 is 0. The molecule has 4 nitrogen and oxygen atoms in total. The fraction of sp³-hybridized carbons (Fsp3) is 0.679. The Balaban J connectivity index is 2.08. The molecule has 1 aromatic rings. The van der Waals surface area contributed by atoms with E-state index in [2.05, 4.69) is 81.7 Å². The monoisotopic (exact) mass is 441 g/mol. The van der Waals surface area contributed by atoms with Crippen molar-refractivity contribution < 1.29 is 4.79 Å². The number of nitrogens with two attached hydrogens (primary N) is 1. The SMILES string of the molecule is CC(C)=CCN(c1ccc(CCC(C)(C)C)cc1)C1CCCN(CC(C)CC(N)C=O)C1. The summed E-state index contributed by atoms with van der Waals surface area (Å²) in [5.41, 5.74) is 10.3. The molecule has 3 unspecified atom stereocenters. The molecule has 1 aliphatic rings. The Labute approximate surface area is 197 Å². The second kappa shape index (κ2) is 12.6. The third-order valence-corrected chi connectivity index (χ3v) is 6.47. The summed E-state index contributed by atoms with van der Waals surface area (Å²) in [5.74, 6) is 0.433. The van der Waals surface area contributed by atoms with Gasteiger partial charge in [-0.1, -0.05) is 51.5 Å². The normalized spacial score (nSPS) is 19.3. The van der Waals surface area contributed by atoms with Crippen LogP contribution in [0.5, 0.6) is 0 Å². The van der Waals surface area contributed by atoms with Gasteiger partial charge >= 0.3 is 0 Å². The number of aldehydes is 1. The van der Waals surface area contributed by atoms with Crippen LogP contribution in [0.2, 0.25) is 0 Å². The van der Waals surface area contributed by atoms with Gasteiger partial charge in [0.25, 0.3) is 0 Å². The molecule has 0 amide bonds. The lowest BCUT2D eigenvalue weighted by molar-refractivity contribution is -0.109. The van der Waals surface area contributed by atoms with Gasteiger partial charge in [-0.3, -0.25) is 0 Å². The van der Waals surface area contributed by atoms with Gasteiger partial charge in [0.2, 0.25) is 0 Å². The number of carbonyl (C=O) groups excluding carboxylic acids is 1. The minimum atomic E-state index is -0.337. The number of allylic oxidation sites excluding steroid dienone is 1. The maximum atomic E-state index is 10.9. The Bertz CT molecular complexity index is 715. The number of carbonyl (C=O) groups is 1. The summed E-state index contributed by atoms with van der Waals surface area (Å²) >= 11 is 0. The molecule has 2 N–H and O–H groups in total.